The van der Waals surface area contributed by atoms with Crippen LogP contribution in [0.1, 0.15) is 38.7 Å². The van der Waals surface area contributed by atoms with Gasteiger partial charge in [0, 0.05) is 44.2 Å². The lowest BCUT2D eigenvalue weighted by molar-refractivity contribution is 0.202. The van der Waals surface area contributed by atoms with Gasteiger partial charge in [-0.2, -0.15) is 0 Å². The van der Waals surface area contributed by atoms with Crippen LogP contribution < -0.4 is 10.2 Å². The molecule has 5 heteroatoms. The summed E-state index contributed by atoms with van der Waals surface area (Å²) >= 11 is 0. The van der Waals surface area contributed by atoms with Gasteiger partial charge in [-0.05, 0) is 38.6 Å². The lowest BCUT2D eigenvalue weighted by Crippen LogP contribution is -2.38. The molecule has 0 radical (unpaired) electrons. The number of rotatable bonds is 10. The Morgan fingerprint density at radius 2 is 2.10 bits per heavy atom. The first-order valence-electron chi connectivity index (χ1n) is 8.03. The number of nitrogens with one attached hydrogen (secondary N) is 1. The smallest absolute Gasteiger partial charge is 0.225 e. The molecular weight excluding hydrogens is 264 g/mol. The van der Waals surface area contributed by atoms with Crippen LogP contribution in [0.4, 0.5) is 5.95 Å². The molecule has 1 saturated carbocycles. The highest BCUT2D eigenvalue weighted by Gasteiger charge is 2.32. The Balaban J connectivity index is 1.97. The monoisotopic (exact) mass is 292 g/mol. The van der Waals surface area contributed by atoms with E-state index in [-0.39, 0.29) is 0 Å². The van der Waals surface area contributed by atoms with Crippen LogP contribution in [0.15, 0.2) is 12.4 Å². The highest BCUT2D eigenvalue weighted by atomic mass is 16.5. The standard InChI is InChI=1S/C16H28N4O/c1-4-7-17-10-14-11-18-16(19-12-14)20(8-9-21-3)13(2)15-5-6-15/h11-13,15,17H,4-10H2,1-3H3. The van der Waals surface area contributed by atoms with Gasteiger partial charge in [0.15, 0.2) is 0 Å². The lowest BCUT2D eigenvalue weighted by Gasteiger charge is -2.29. The van der Waals surface area contributed by atoms with Crippen molar-refractivity contribution < 1.29 is 4.74 Å². The molecule has 0 amide bonds. The molecule has 0 aliphatic heterocycles. The van der Waals surface area contributed by atoms with Crippen molar-refractivity contribution in [1.82, 2.24) is 15.3 Å². The van der Waals surface area contributed by atoms with Gasteiger partial charge >= 0.3 is 0 Å². The van der Waals surface area contributed by atoms with Gasteiger partial charge in [0.05, 0.1) is 6.61 Å². The Kier molecular flexibility index (Phi) is 6.39. The molecule has 1 aliphatic rings. The van der Waals surface area contributed by atoms with Gasteiger partial charge in [-0.3, -0.25) is 0 Å². The van der Waals surface area contributed by atoms with E-state index in [9.17, 15) is 0 Å². The molecule has 0 bridgehead atoms. The Morgan fingerprint density at radius 1 is 1.38 bits per heavy atom. The zero-order valence-corrected chi connectivity index (χ0v) is 13.5. The summed E-state index contributed by atoms with van der Waals surface area (Å²) in [6, 6.07) is 0.490. The summed E-state index contributed by atoms with van der Waals surface area (Å²) in [5, 5.41) is 3.37. The van der Waals surface area contributed by atoms with E-state index in [4.69, 9.17) is 4.74 Å². The molecule has 2 rings (SSSR count). The first kappa shape index (κ1) is 16.2. The zero-order chi connectivity index (χ0) is 15.1. The minimum absolute atomic E-state index is 0.490. The highest BCUT2D eigenvalue weighted by molar-refractivity contribution is 5.32. The summed E-state index contributed by atoms with van der Waals surface area (Å²) in [7, 11) is 1.74. The van der Waals surface area contributed by atoms with Crippen molar-refractivity contribution >= 4 is 5.95 Å². The summed E-state index contributed by atoms with van der Waals surface area (Å²) < 4.78 is 5.23. The second kappa shape index (κ2) is 8.29. The minimum atomic E-state index is 0.490. The number of hydrogen-bond donors (Lipinski definition) is 1. The van der Waals surface area contributed by atoms with Crippen LogP contribution in [-0.2, 0) is 11.3 Å². The van der Waals surface area contributed by atoms with Crippen LogP contribution in [-0.4, -0.2) is 42.8 Å². The van der Waals surface area contributed by atoms with Gasteiger partial charge in [-0.25, -0.2) is 9.97 Å². The first-order chi connectivity index (χ1) is 10.3. The summed E-state index contributed by atoms with van der Waals surface area (Å²) in [5.74, 6) is 1.61. The van der Waals surface area contributed by atoms with Gasteiger partial charge in [-0.1, -0.05) is 6.92 Å². The van der Waals surface area contributed by atoms with Gasteiger partial charge in [0.2, 0.25) is 5.95 Å². The number of aromatic nitrogens is 2. The van der Waals surface area contributed by atoms with E-state index in [1.165, 1.54) is 12.8 Å². The number of anilines is 1. The van der Waals surface area contributed by atoms with Crippen LogP contribution in [0.2, 0.25) is 0 Å². The summed E-state index contributed by atoms with van der Waals surface area (Å²) in [5.41, 5.74) is 1.14. The summed E-state index contributed by atoms with van der Waals surface area (Å²) in [4.78, 5) is 11.4. The maximum atomic E-state index is 5.23. The number of nitrogens with zero attached hydrogens (tertiary/aromatic N) is 3. The van der Waals surface area contributed by atoms with Crippen LogP contribution in [0, 0.1) is 5.92 Å². The third kappa shape index (κ3) is 4.93. The molecule has 118 valence electrons. The molecule has 0 spiro atoms. The van der Waals surface area contributed by atoms with E-state index in [2.05, 4.69) is 34.0 Å². The van der Waals surface area contributed by atoms with Gasteiger partial charge < -0.3 is 15.0 Å². The third-order valence-corrected chi connectivity index (χ3v) is 4.04. The molecule has 1 atom stereocenters. The molecule has 0 aromatic carbocycles. The Labute approximate surface area is 128 Å². The molecule has 0 saturated heterocycles. The maximum absolute atomic E-state index is 5.23. The molecular formula is C16H28N4O. The fraction of sp³-hybridized carbons (Fsp3) is 0.750. The molecule has 1 fully saturated rings. The molecule has 1 N–H and O–H groups in total. The predicted molar refractivity (Wildman–Crippen MR) is 85.4 cm³/mol. The quantitative estimate of drug-likeness (QED) is 0.670. The number of methoxy groups -OCH3 is 1. The molecule has 5 nitrogen and oxygen atoms in total. The topological polar surface area (TPSA) is 50.3 Å². The van der Waals surface area contributed by atoms with Gasteiger partial charge in [0.1, 0.15) is 0 Å². The molecule has 1 aliphatic carbocycles. The van der Waals surface area contributed by atoms with Crippen LogP contribution >= 0.6 is 0 Å². The van der Waals surface area contributed by atoms with E-state index < -0.39 is 0 Å². The average Bonchev–Trinajstić information content (AvgIpc) is 3.34. The van der Waals surface area contributed by atoms with Crippen molar-refractivity contribution in [2.24, 2.45) is 5.92 Å². The van der Waals surface area contributed by atoms with Crippen molar-refractivity contribution in [1.29, 1.82) is 0 Å². The minimum Gasteiger partial charge on any atom is -0.383 e. The van der Waals surface area contributed by atoms with Crippen molar-refractivity contribution in [3.63, 3.8) is 0 Å². The third-order valence-electron chi connectivity index (χ3n) is 4.04. The van der Waals surface area contributed by atoms with Crippen LogP contribution in [0.3, 0.4) is 0 Å². The Morgan fingerprint density at radius 3 is 2.67 bits per heavy atom. The maximum Gasteiger partial charge on any atom is 0.225 e. The molecule has 1 aromatic heterocycles. The number of ether oxygens (including phenoxy) is 1. The second-order valence-corrected chi connectivity index (χ2v) is 5.83. The van der Waals surface area contributed by atoms with Crippen molar-refractivity contribution in [3.05, 3.63) is 18.0 Å². The van der Waals surface area contributed by atoms with E-state index in [0.29, 0.717) is 12.6 Å². The largest absolute Gasteiger partial charge is 0.383 e. The molecule has 1 unspecified atom stereocenters. The normalized spacial score (nSPS) is 16.0. The SMILES string of the molecule is CCCNCc1cnc(N(CCOC)C(C)C2CC2)nc1. The summed E-state index contributed by atoms with van der Waals surface area (Å²) in [6.07, 6.45) is 7.66. The van der Waals surface area contributed by atoms with Crippen molar-refractivity contribution in [2.45, 2.75) is 45.7 Å². The molecule has 21 heavy (non-hydrogen) atoms. The van der Waals surface area contributed by atoms with Crippen molar-refractivity contribution in [3.8, 4) is 0 Å². The van der Waals surface area contributed by atoms with E-state index in [1.807, 2.05) is 12.4 Å². The Bertz CT molecular complexity index is 405. The summed E-state index contributed by atoms with van der Waals surface area (Å²) in [6.45, 7) is 7.86. The van der Waals surface area contributed by atoms with Crippen molar-refractivity contribution in [2.75, 3.05) is 31.7 Å². The van der Waals surface area contributed by atoms with E-state index >= 15 is 0 Å². The number of hydrogen-bond acceptors (Lipinski definition) is 5. The lowest BCUT2D eigenvalue weighted by atomic mass is 10.2. The first-order valence-corrected chi connectivity index (χ1v) is 8.03. The Hall–Kier alpha value is -1.20. The van der Waals surface area contributed by atoms with Crippen LogP contribution in [0.25, 0.3) is 0 Å². The van der Waals surface area contributed by atoms with Gasteiger partial charge in [0.25, 0.3) is 0 Å². The highest BCUT2D eigenvalue weighted by Crippen LogP contribution is 2.36. The zero-order valence-electron chi connectivity index (χ0n) is 13.5. The molecule has 1 heterocycles. The van der Waals surface area contributed by atoms with Crippen LogP contribution in [0.5, 0.6) is 0 Å². The van der Waals surface area contributed by atoms with E-state index in [1.54, 1.807) is 7.11 Å². The predicted octanol–water partition coefficient (Wildman–Crippen LogP) is 2.23. The fourth-order valence-corrected chi connectivity index (χ4v) is 2.51. The van der Waals surface area contributed by atoms with E-state index in [0.717, 1.165) is 43.5 Å². The second-order valence-electron chi connectivity index (χ2n) is 5.83. The average molecular weight is 292 g/mol. The fourth-order valence-electron chi connectivity index (χ4n) is 2.51. The van der Waals surface area contributed by atoms with Gasteiger partial charge in [-0.15, -0.1) is 0 Å². The molecule has 1 aromatic rings.